The molecule has 0 atom stereocenters. The second-order valence-corrected chi connectivity index (χ2v) is 4.54. The summed E-state index contributed by atoms with van der Waals surface area (Å²) in [6, 6.07) is 4.20. The number of aryl methyl sites for hydroxylation is 1. The first-order valence-corrected chi connectivity index (χ1v) is 5.82. The maximum atomic E-state index is 13.5. The molecule has 0 aliphatic rings. The molecule has 2 rings (SSSR count). The number of carbonyl (C=O) groups excluding carboxylic acids is 1. The Morgan fingerprint density at radius 3 is 2.83 bits per heavy atom. The summed E-state index contributed by atoms with van der Waals surface area (Å²) in [5, 5.41) is 4.41. The highest BCUT2D eigenvalue weighted by atomic mass is 35.5. The van der Waals surface area contributed by atoms with Crippen molar-refractivity contribution in [2.45, 2.75) is 13.3 Å². The van der Waals surface area contributed by atoms with E-state index in [-0.39, 0.29) is 12.2 Å². The molecule has 0 fully saturated rings. The van der Waals surface area contributed by atoms with Gasteiger partial charge < -0.3 is 0 Å². The third-order valence-corrected chi connectivity index (χ3v) is 3.13. The largest absolute Gasteiger partial charge is 0.294 e. The average molecular weight is 267 g/mol. The first-order chi connectivity index (χ1) is 8.49. The van der Waals surface area contributed by atoms with Gasteiger partial charge in [0.15, 0.2) is 5.78 Å². The second-order valence-electron chi connectivity index (χ2n) is 4.10. The zero-order chi connectivity index (χ0) is 13.3. The van der Waals surface area contributed by atoms with Crippen molar-refractivity contribution in [1.82, 2.24) is 9.78 Å². The van der Waals surface area contributed by atoms with E-state index in [1.54, 1.807) is 18.7 Å². The van der Waals surface area contributed by atoms with E-state index >= 15 is 0 Å². The number of halogens is 2. The molecule has 1 heterocycles. The molecule has 0 radical (unpaired) electrons. The van der Waals surface area contributed by atoms with E-state index in [9.17, 15) is 9.18 Å². The molecular formula is C13H12ClFN2O. The SMILES string of the molecule is Cc1c(C(=O)Cc2cc(Cl)ccc2F)cnn1C. The summed E-state index contributed by atoms with van der Waals surface area (Å²) in [6.07, 6.45) is 1.49. The Kier molecular flexibility index (Phi) is 3.48. The van der Waals surface area contributed by atoms with Gasteiger partial charge in [0.2, 0.25) is 0 Å². The molecular weight excluding hydrogens is 255 g/mol. The van der Waals surface area contributed by atoms with E-state index in [1.807, 2.05) is 0 Å². The lowest BCUT2D eigenvalue weighted by atomic mass is 10.0. The second kappa shape index (κ2) is 4.90. The van der Waals surface area contributed by atoms with Crippen LogP contribution in [0.5, 0.6) is 0 Å². The molecule has 2 aromatic rings. The monoisotopic (exact) mass is 266 g/mol. The maximum absolute atomic E-state index is 13.5. The minimum Gasteiger partial charge on any atom is -0.294 e. The van der Waals surface area contributed by atoms with Crippen molar-refractivity contribution < 1.29 is 9.18 Å². The van der Waals surface area contributed by atoms with E-state index in [1.165, 1.54) is 24.4 Å². The quantitative estimate of drug-likeness (QED) is 0.801. The van der Waals surface area contributed by atoms with Gasteiger partial charge in [-0.3, -0.25) is 9.48 Å². The van der Waals surface area contributed by atoms with Crippen molar-refractivity contribution in [3.63, 3.8) is 0 Å². The Morgan fingerprint density at radius 1 is 1.50 bits per heavy atom. The van der Waals surface area contributed by atoms with E-state index in [2.05, 4.69) is 5.10 Å². The molecule has 1 aromatic heterocycles. The van der Waals surface area contributed by atoms with Gasteiger partial charge in [0.05, 0.1) is 11.8 Å². The Bertz CT molecular complexity index is 607. The molecule has 0 saturated heterocycles. The van der Waals surface area contributed by atoms with Crippen LogP contribution in [0, 0.1) is 12.7 Å². The van der Waals surface area contributed by atoms with E-state index in [4.69, 9.17) is 11.6 Å². The number of Topliss-reactive ketones (excluding diaryl/α,β-unsaturated/α-hetero) is 1. The van der Waals surface area contributed by atoms with Crippen LogP contribution in [0.2, 0.25) is 5.02 Å². The molecule has 18 heavy (non-hydrogen) atoms. The highest BCUT2D eigenvalue weighted by molar-refractivity contribution is 6.30. The molecule has 0 aliphatic carbocycles. The van der Waals surface area contributed by atoms with Crippen molar-refractivity contribution in [2.75, 3.05) is 0 Å². The topological polar surface area (TPSA) is 34.9 Å². The molecule has 5 heteroatoms. The third-order valence-electron chi connectivity index (χ3n) is 2.89. The molecule has 0 amide bonds. The van der Waals surface area contributed by atoms with Gasteiger partial charge in [-0.2, -0.15) is 5.10 Å². The standard InChI is InChI=1S/C13H12ClFN2O/c1-8-11(7-16-17(8)2)13(18)6-9-5-10(14)3-4-12(9)15/h3-5,7H,6H2,1-2H3. The number of carbonyl (C=O) groups is 1. The molecule has 0 spiro atoms. The van der Waals surface area contributed by atoms with Gasteiger partial charge in [-0.25, -0.2) is 4.39 Å². The molecule has 94 valence electrons. The van der Waals surface area contributed by atoms with Crippen molar-refractivity contribution in [1.29, 1.82) is 0 Å². The van der Waals surface area contributed by atoms with Crippen LogP contribution in [0.25, 0.3) is 0 Å². The molecule has 0 N–H and O–H groups in total. The summed E-state index contributed by atoms with van der Waals surface area (Å²) in [5.41, 5.74) is 1.58. The fourth-order valence-corrected chi connectivity index (χ4v) is 1.91. The number of ketones is 1. The van der Waals surface area contributed by atoms with Crippen LogP contribution < -0.4 is 0 Å². The number of hydrogen-bond donors (Lipinski definition) is 0. The first kappa shape index (κ1) is 12.8. The number of hydrogen-bond acceptors (Lipinski definition) is 2. The van der Waals surface area contributed by atoms with Crippen LogP contribution in [0.1, 0.15) is 21.6 Å². The molecule has 0 bridgehead atoms. The summed E-state index contributed by atoms with van der Waals surface area (Å²) in [4.78, 5) is 12.0. The summed E-state index contributed by atoms with van der Waals surface area (Å²) in [5.74, 6) is -0.587. The zero-order valence-corrected chi connectivity index (χ0v) is 10.8. The Morgan fingerprint density at radius 2 is 2.22 bits per heavy atom. The van der Waals surface area contributed by atoms with Crippen LogP contribution in [0.15, 0.2) is 24.4 Å². The Hall–Kier alpha value is -1.68. The van der Waals surface area contributed by atoms with Crippen molar-refractivity contribution in [2.24, 2.45) is 7.05 Å². The van der Waals surface area contributed by atoms with Crippen molar-refractivity contribution in [3.05, 3.63) is 52.1 Å². The summed E-state index contributed by atoms with van der Waals surface area (Å²) < 4.78 is 15.1. The highest BCUT2D eigenvalue weighted by Crippen LogP contribution is 2.18. The summed E-state index contributed by atoms with van der Waals surface area (Å²) in [6.45, 7) is 1.80. The molecule has 0 aliphatic heterocycles. The predicted octanol–water partition coefficient (Wildman–Crippen LogP) is 2.95. The van der Waals surface area contributed by atoms with Crippen molar-refractivity contribution in [3.8, 4) is 0 Å². The normalized spacial score (nSPS) is 10.7. The van der Waals surface area contributed by atoms with Crippen LogP contribution in [0.3, 0.4) is 0 Å². The van der Waals surface area contributed by atoms with Gasteiger partial charge in [0.25, 0.3) is 0 Å². The van der Waals surface area contributed by atoms with Gasteiger partial charge in [-0.15, -0.1) is 0 Å². The van der Waals surface area contributed by atoms with E-state index < -0.39 is 5.82 Å². The van der Waals surface area contributed by atoms with Crippen LogP contribution in [0.4, 0.5) is 4.39 Å². The predicted molar refractivity (Wildman–Crippen MR) is 67.4 cm³/mol. The van der Waals surface area contributed by atoms with Crippen LogP contribution in [-0.2, 0) is 13.5 Å². The number of aromatic nitrogens is 2. The van der Waals surface area contributed by atoms with Crippen LogP contribution in [-0.4, -0.2) is 15.6 Å². The van der Waals surface area contributed by atoms with Gasteiger partial charge in [-0.1, -0.05) is 11.6 Å². The van der Waals surface area contributed by atoms with E-state index in [0.29, 0.717) is 16.1 Å². The summed E-state index contributed by atoms with van der Waals surface area (Å²) >= 11 is 5.79. The minimum atomic E-state index is -0.422. The summed E-state index contributed by atoms with van der Waals surface area (Å²) in [7, 11) is 1.76. The molecule has 1 aromatic carbocycles. The smallest absolute Gasteiger partial charge is 0.170 e. The zero-order valence-electron chi connectivity index (χ0n) is 10.1. The van der Waals surface area contributed by atoms with Crippen molar-refractivity contribution >= 4 is 17.4 Å². The number of rotatable bonds is 3. The minimum absolute atomic E-state index is 0.0150. The maximum Gasteiger partial charge on any atom is 0.170 e. The third kappa shape index (κ3) is 2.43. The van der Waals surface area contributed by atoms with Gasteiger partial charge in [-0.05, 0) is 30.7 Å². The lowest BCUT2D eigenvalue weighted by Crippen LogP contribution is -2.06. The van der Waals surface area contributed by atoms with Gasteiger partial charge >= 0.3 is 0 Å². The van der Waals surface area contributed by atoms with E-state index in [0.717, 1.165) is 5.69 Å². The average Bonchev–Trinajstić information content (AvgIpc) is 2.65. The highest BCUT2D eigenvalue weighted by Gasteiger charge is 2.15. The molecule has 0 saturated carbocycles. The van der Waals surface area contributed by atoms with Gasteiger partial charge in [0.1, 0.15) is 5.82 Å². The lowest BCUT2D eigenvalue weighted by Gasteiger charge is -2.03. The Balaban J connectivity index is 2.27. The molecule has 3 nitrogen and oxygen atoms in total. The fraction of sp³-hybridized carbons (Fsp3) is 0.231. The molecule has 0 unspecified atom stereocenters. The lowest BCUT2D eigenvalue weighted by molar-refractivity contribution is 0.0991. The van der Waals surface area contributed by atoms with Crippen LogP contribution >= 0.6 is 11.6 Å². The first-order valence-electron chi connectivity index (χ1n) is 5.44. The Labute approximate surface area is 109 Å². The van der Waals surface area contributed by atoms with Gasteiger partial charge in [0, 0.05) is 24.2 Å². The number of benzene rings is 1. The fourth-order valence-electron chi connectivity index (χ4n) is 1.72. The number of nitrogens with zero attached hydrogens (tertiary/aromatic N) is 2.